The molecule has 2 N–H and O–H groups in total. The highest BCUT2D eigenvalue weighted by molar-refractivity contribution is 7.89. The molecule has 1 saturated heterocycles. The van der Waals surface area contributed by atoms with Gasteiger partial charge >= 0.3 is 0 Å². The van der Waals surface area contributed by atoms with Gasteiger partial charge in [-0.2, -0.15) is 0 Å². The van der Waals surface area contributed by atoms with Gasteiger partial charge in [-0.1, -0.05) is 0 Å². The van der Waals surface area contributed by atoms with Gasteiger partial charge in [-0.05, 0) is 33.2 Å². The molecule has 0 radical (unpaired) electrons. The summed E-state index contributed by atoms with van der Waals surface area (Å²) in [6, 6.07) is 0.314. The van der Waals surface area contributed by atoms with E-state index in [0.717, 1.165) is 19.4 Å². The molecule has 1 aliphatic rings. The first-order valence-electron chi connectivity index (χ1n) is 4.78. The van der Waals surface area contributed by atoms with E-state index in [1.54, 1.807) is 6.92 Å². The van der Waals surface area contributed by atoms with Gasteiger partial charge in [-0.25, -0.2) is 13.1 Å². The maximum Gasteiger partial charge on any atom is 0.211 e. The van der Waals surface area contributed by atoms with Crippen LogP contribution in [-0.4, -0.2) is 32.8 Å². The minimum atomic E-state index is -3.04. The van der Waals surface area contributed by atoms with Crippen LogP contribution < -0.4 is 10.0 Å². The first-order chi connectivity index (χ1) is 6.05. The van der Waals surface area contributed by atoms with Gasteiger partial charge < -0.3 is 5.32 Å². The smallest absolute Gasteiger partial charge is 0.211 e. The largest absolute Gasteiger partial charge is 0.313 e. The van der Waals surface area contributed by atoms with Crippen LogP contribution in [0.2, 0.25) is 0 Å². The predicted molar refractivity (Wildman–Crippen MR) is 53.1 cm³/mol. The van der Waals surface area contributed by atoms with Crippen molar-refractivity contribution in [1.29, 1.82) is 0 Å². The Morgan fingerprint density at radius 3 is 2.77 bits per heavy atom. The number of nitrogens with one attached hydrogen (secondary N) is 2. The van der Waals surface area contributed by atoms with E-state index in [9.17, 15) is 8.42 Å². The molecule has 0 amide bonds. The molecule has 0 aromatic rings. The van der Waals surface area contributed by atoms with E-state index in [2.05, 4.69) is 10.0 Å². The van der Waals surface area contributed by atoms with Crippen molar-refractivity contribution in [2.24, 2.45) is 0 Å². The average molecular weight is 206 g/mol. The van der Waals surface area contributed by atoms with Gasteiger partial charge in [0.25, 0.3) is 0 Å². The molecule has 13 heavy (non-hydrogen) atoms. The highest BCUT2D eigenvalue weighted by Gasteiger charge is 2.24. The van der Waals surface area contributed by atoms with E-state index in [0.29, 0.717) is 0 Å². The number of hydrogen-bond acceptors (Lipinski definition) is 3. The van der Waals surface area contributed by atoms with Crippen molar-refractivity contribution >= 4 is 10.0 Å². The summed E-state index contributed by atoms with van der Waals surface area (Å²) >= 11 is 0. The quantitative estimate of drug-likeness (QED) is 0.687. The Kier molecular flexibility index (Phi) is 3.70. The molecule has 4 nitrogen and oxygen atoms in total. The molecule has 0 bridgehead atoms. The van der Waals surface area contributed by atoms with Gasteiger partial charge in [0.05, 0.1) is 5.75 Å². The number of hydrogen-bond donors (Lipinski definition) is 2. The molecule has 0 aromatic carbocycles. The van der Waals surface area contributed by atoms with Crippen LogP contribution in [0.15, 0.2) is 0 Å². The molecular weight excluding hydrogens is 188 g/mol. The van der Waals surface area contributed by atoms with E-state index in [4.69, 9.17) is 0 Å². The van der Waals surface area contributed by atoms with Gasteiger partial charge in [0.15, 0.2) is 0 Å². The van der Waals surface area contributed by atoms with Crippen LogP contribution >= 0.6 is 0 Å². The van der Waals surface area contributed by atoms with Gasteiger partial charge in [-0.15, -0.1) is 0 Å². The minimum absolute atomic E-state index is 0.0682. The lowest BCUT2D eigenvalue weighted by molar-refractivity contribution is 0.349. The average Bonchev–Trinajstić information content (AvgIpc) is 2.09. The lowest BCUT2D eigenvalue weighted by Gasteiger charge is -2.30. The second kappa shape index (κ2) is 4.39. The summed E-state index contributed by atoms with van der Waals surface area (Å²) in [4.78, 5) is 0. The summed E-state index contributed by atoms with van der Waals surface area (Å²) in [5.41, 5.74) is 0. The van der Waals surface area contributed by atoms with Crippen molar-refractivity contribution in [2.75, 3.05) is 12.3 Å². The first kappa shape index (κ1) is 10.9. The van der Waals surface area contributed by atoms with Crippen LogP contribution in [0.25, 0.3) is 0 Å². The molecule has 78 valence electrons. The molecule has 1 aliphatic heterocycles. The van der Waals surface area contributed by atoms with E-state index in [1.807, 2.05) is 6.92 Å². The predicted octanol–water partition coefficient (Wildman–Crippen LogP) is 0.0662. The Labute approximate surface area is 80.1 Å². The second-order valence-corrected chi connectivity index (χ2v) is 5.56. The SMILES string of the molecule is CCS(=O)(=O)NC1CCCNC1C. The van der Waals surface area contributed by atoms with Gasteiger partial charge in [0.1, 0.15) is 0 Å². The number of sulfonamides is 1. The standard InChI is InChI=1S/C8H18N2O2S/c1-3-13(11,12)10-8-5-4-6-9-7(8)2/h7-10H,3-6H2,1-2H3. The van der Waals surface area contributed by atoms with Crippen LogP contribution in [0.3, 0.4) is 0 Å². The van der Waals surface area contributed by atoms with Crippen molar-refractivity contribution in [3.8, 4) is 0 Å². The third-order valence-corrected chi connectivity index (χ3v) is 3.89. The third kappa shape index (κ3) is 3.25. The zero-order valence-electron chi connectivity index (χ0n) is 8.21. The van der Waals surface area contributed by atoms with Crippen LogP contribution in [0.1, 0.15) is 26.7 Å². The fourth-order valence-corrected chi connectivity index (χ4v) is 2.47. The highest BCUT2D eigenvalue weighted by atomic mass is 32.2. The fourth-order valence-electron chi connectivity index (χ4n) is 1.52. The Hall–Kier alpha value is -0.130. The first-order valence-corrected chi connectivity index (χ1v) is 6.44. The normalized spacial score (nSPS) is 30.3. The van der Waals surface area contributed by atoms with Crippen LogP contribution in [0, 0.1) is 0 Å². The molecule has 2 atom stereocenters. The number of piperidine rings is 1. The van der Waals surface area contributed by atoms with Crippen LogP contribution in [-0.2, 0) is 10.0 Å². The summed E-state index contributed by atoms with van der Waals surface area (Å²) in [5, 5.41) is 3.25. The minimum Gasteiger partial charge on any atom is -0.313 e. The molecule has 1 rings (SSSR count). The van der Waals surface area contributed by atoms with E-state index in [1.165, 1.54) is 0 Å². The lowest BCUT2D eigenvalue weighted by atomic mass is 10.0. The van der Waals surface area contributed by atoms with Crippen molar-refractivity contribution < 1.29 is 8.42 Å². The Bertz CT molecular complexity index is 251. The molecule has 1 heterocycles. The molecule has 5 heteroatoms. The summed E-state index contributed by atoms with van der Waals surface area (Å²) in [6.07, 6.45) is 1.98. The zero-order chi connectivity index (χ0) is 9.90. The van der Waals surface area contributed by atoms with Crippen LogP contribution in [0.5, 0.6) is 0 Å². The highest BCUT2D eigenvalue weighted by Crippen LogP contribution is 2.09. The summed E-state index contributed by atoms with van der Waals surface area (Å²) < 4.78 is 25.3. The monoisotopic (exact) mass is 206 g/mol. The Morgan fingerprint density at radius 1 is 1.54 bits per heavy atom. The van der Waals surface area contributed by atoms with Crippen molar-refractivity contribution in [1.82, 2.24) is 10.0 Å². The van der Waals surface area contributed by atoms with Crippen molar-refractivity contribution in [3.63, 3.8) is 0 Å². The topological polar surface area (TPSA) is 58.2 Å². The fraction of sp³-hybridized carbons (Fsp3) is 1.00. The maximum absolute atomic E-state index is 11.3. The van der Waals surface area contributed by atoms with E-state index in [-0.39, 0.29) is 17.8 Å². The third-order valence-electron chi connectivity index (χ3n) is 2.47. The number of rotatable bonds is 3. The molecule has 0 saturated carbocycles. The summed E-state index contributed by atoms with van der Waals surface area (Å²) in [5.74, 6) is 0.163. The van der Waals surface area contributed by atoms with Gasteiger partial charge in [-0.3, -0.25) is 0 Å². The molecule has 2 unspecified atom stereocenters. The second-order valence-electron chi connectivity index (χ2n) is 3.51. The maximum atomic E-state index is 11.3. The van der Waals surface area contributed by atoms with E-state index < -0.39 is 10.0 Å². The zero-order valence-corrected chi connectivity index (χ0v) is 9.02. The van der Waals surface area contributed by atoms with E-state index >= 15 is 0 Å². The van der Waals surface area contributed by atoms with Gasteiger partial charge in [0.2, 0.25) is 10.0 Å². The van der Waals surface area contributed by atoms with Crippen LogP contribution in [0.4, 0.5) is 0 Å². The molecule has 1 fully saturated rings. The molecule has 0 aliphatic carbocycles. The molecule has 0 spiro atoms. The lowest BCUT2D eigenvalue weighted by Crippen LogP contribution is -2.52. The van der Waals surface area contributed by atoms with Crippen molar-refractivity contribution in [3.05, 3.63) is 0 Å². The molecular formula is C8H18N2O2S. The summed E-state index contributed by atoms with van der Waals surface area (Å²) in [6.45, 7) is 4.66. The Balaban J connectivity index is 2.52. The molecule has 0 aromatic heterocycles. The summed E-state index contributed by atoms with van der Waals surface area (Å²) in [7, 11) is -3.04. The Morgan fingerprint density at radius 2 is 2.23 bits per heavy atom. The van der Waals surface area contributed by atoms with Crippen molar-refractivity contribution in [2.45, 2.75) is 38.8 Å². The van der Waals surface area contributed by atoms with Gasteiger partial charge in [0, 0.05) is 12.1 Å².